The van der Waals surface area contributed by atoms with Crippen molar-refractivity contribution in [1.82, 2.24) is 9.80 Å². The highest BCUT2D eigenvalue weighted by molar-refractivity contribution is 5.62. The number of hydrogen-bond acceptors (Lipinski definition) is 3. The van der Waals surface area contributed by atoms with Crippen molar-refractivity contribution in [3.63, 3.8) is 0 Å². The summed E-state index contributed by atoms with van der Waals surface area (Å²) in [5.74, 6) is 0.366. The number of rotatable bonds is 3. The molecule has 148 valence electrons. The molecular formula is C23H27F2N3. The van der Waals surface area contributed by atoms with Crippen molar-refractivity contribution < 1.29 is 8.78 Å². The van der Waals surface area contributed by atoms with Gasteiger partial charge in [0.1, 0.15) is 11.6 Å². The molecular weight excluding hydrogens is 356 g/mol. The quantitative estimate of drug-likeness (QED) is 0.788. The summed E-state index contributed by atoms with van der Waals surface area (Å²) < 4.78 is 27.5. The maximum absolute atomic E-state index is 14.1. The van der Waals surface area contributed by atoms with Crippen LogP contribution in [0.4, 0.5) is 8.78 Å². The third kappa shape index (κ3) is 3.30. The average molecular weight is 383 g/mol. The van der Waals surface area contributed by atoms with Crippen LogP contribution in [0.25, 0.3) is 0 Å². The summed E-state index contributed by atoms with van der Waals surface area (Å²) in [4.78, 5) is 9.43. The summed E-state index contributed by atoms with van der Waals surface area (Å²) in [7, 11) is 0. The van der Waals surface area contributed by atoms with Gasteiger partial charge >= 0.3 is 0 Å². The number of aliphatic imine (C=N–C) groups is 1. The number of allylic oxidation sites excluding steroid dienone is 2. The number of nitrogens with zero attached hydrogens (tertiary/aromatic N) is 3. The molecule has 3 unspecified atom stereocenters. The molecule has 1 aromatic carbocycles. The minimum Gasteiger partial charge on any atom is -0.351 e. The van der Waals surface area contributed by atoms with Gasteiger partial charge in [0.25, 0.3) is 0 Å². The molecule has 2 heterocycles. The van der Waals surface area contributed by atoms with Gasteiger partial charge in [-0.2, -0.15) is 0 Å². The second-order valence-corrected chi connectivity index (χ2v) is 8.78. The summed E-state index contributed by atoms with van der Waals surface area (Å²) in [6.07, 6.45) is 9.86. The molecule has 1 aromatic rings. The van der Waals surface area contributed by atoms with Gasteiger partial charge in [-0.25, -0.2) is 8.78 Å². The minimum atomic E-state index is -0.121. The first-order chi connectivity index (χ1) is 13.6. The molecule has 4 aliphatic rings. The number of likely N-dealkylation sites (tertiary alicyclic amines) is 1. The van der Waals surface area contributed by atoms with E-state index in [0.717, 1.165) is 45.3 Å². The molecule has 3 nitrogen and oxygen atoms in total. The van der Waals surface area contributed by atoms with Crippen LogP contribution in [0.5, 0.6) is 0 Å². The van der Waals surface area contributed by atoms with Crippen molar-refractivity contribution in [3.8, 4) is 0 Å². The second-order valence-electron chi connectivity index (χ2n) is 8.78. The van der Waals surface area contributed by atoms with E-state index in [9.17, 15) is 8.78 Å². The maximum atomic E-state index is 14.1. The van der Waals surface area contributed by atoms with Crippen molar-refractivity contribution in [3.05, 3.63) is 58.7 Å². The Bertz CT molecular complexity index is 851. The summed E-state index contributed by atoms with van der Waals surface area (Å²) in [6.45, 7) is 5.03. The van der Waals surface area contributed by atoms with E-state index in [4.69, 9.17) is 0 Å². The molecule has 1 fully saturated rings. The molecule has 0 spiro atoms. The molecule has 0 saturated carbocycles. The van der Waals surface area contributed by atoms with Crippen molar-refractivity contribution in [2.24, 2.45) is 10.9 Å². The van der Waals surface area contributed by atoms with Crippen LogP contribution in [0.15, 0.2) is 46.7 Å². The van der Waals surface area contributed by atoms with Gasteiger partial charge < -0.3 is 9.80 Å². The van der Waals surface area contributed by atoms with Gasteiger partial charge in [0.15, 0.2) is 0 Å². The molecule has 1 saturated heterocycles. The first-order valence-corrected chi connectivity index (χ1v) is 10.4. The van der Waals surface area contributed by atoms with Crippen LogP contribution in [-0.4, -0.2) is 53.9 Å². The number of piperidine rings is 1. The first kappa shape index (κ1) is 18.0. The summed E-state index contributed by atoms with van der Waals surface area (Å²) in [5.41, 5.74) is 3.20. The van der Waals surface area contributed by atoms with E-state index in [1.165, 1.54) is 11.1 Å². The van der Waals surface area contributed by atoms with Crippen molar-refractivity contribution in [1.29, 1.82) is 0 Å². The van der Waals surface area contributed by atoms with Gasteiger partial charge in [0, 0.05) is 25.7 Å². The lowest BCUT2D eigenvalue weighted by Gasteiger charge is -2.40. The summed E-state index contributed by atoms with van der Waals surface area (Å²) >= 11 is 0. The lowest BCUT2D eigenvalue weighted by atomic mass is 9.94. The Morgan fingerprint density at radius 1 is 1.07 bits per heavy atom. The zero-order valence-corrected chi connectivity index (χ0v) is 16.3. The molecule has 0 aromatic heterocycles. The third-order valence-corrected chi connectivity index (χ3v) is 6.86. The smallest absolute Gasteiger partial charge is 0.124 e. The standard InChI is InChI=1S/C23H27F2N3/c1-15-8-22-23(12-21(15)25)28(14-26-22)20-4-6-27(7-5-20)13-16-9-17-2-3-19(24)11-18(17)10-16/h2-3,8,11-12,14,16,20,22-23H,4-7,9-10,13H2,1H3. The Morgan fingerprint density at radius 2 is 1.86 bits per heavy atom. The van der Waals surface area contributed by atoms with Crippen LogP contribution in [0.2, 0.25) is 0 Å². The van der Waals surface area contributed by atoms with Crippen LogP contribution >= 0.6 is 0 Å². The van der Waals surface area contributed by atoms with Crippen LogP contribution < -0.4 is 0 Å². The monoisotopic (exact) mass is 383 g/mol. The third-order valence-electron chi connectivity index (χ3n) is 6.86. The van der Waals surface area contributed by atoms with Crippen LogP contribution in [-0.2, 0) is 12.8 Å². The molecule has 0 bridgehead atoms. The average Bonchev–Trinajstić information content (AvgIpc) is 3.26. The Morgan fingerprint density at radius 3 is 2.68 bits per heavy atom. The Balaban J connectivity index is 1.15. The maximum Gasteiger partial charge on any atom is 0.124 e. The van der Waals surface area contributed by atoms with Gasteiger partial charge in [-0.05, 0) is 73.4 Å². The largest absolute Gasteiger partial charge is 0.351 e. The van der Waals surface area contributed by atoms with E-state index in [0.29, 0.717) is 17.5 Å². The van der Waals surface area contributed by atoms with E-state index in [1.54, 1.807) is 18.2 Å². The molecule has 0 N–H and O–H groups in total. The molecule has 0 radical (unpaired) electrons. The highest BCUT2D eigenvalue weighted by Crippen LogP contribution is 2.32. The fourth-order valence-corrected chi connectivity index (χ4v) is 5.35. The second kappa shape index (κ2) is 7.11. The van der Waals surface area contributed by atoms with E-state index in [1.807, 2.05) is 25.4 Å². The Hall–Kier alpha value is -2.01. The highest BCUT2D eigenvalue weighted by atomic mass is 19.1. The predicted octanol–water partition coefficient (Wildman–Crippen LogP) is 3.90. The highest BCUT2D eigenvalue weighted by Gasteiger charge is 2.37. The Labute approximate surface area is 165 Å². The number of benzene rings is 1. The normalized spacial score (nSPS) is 30.2. The van der Waals surface area contributed by atoms with Crippen LogP contribution in [0, 0.1) is 11.7 Å². The molecule has 2 aliphatic carbocycles. The number of halogens is 2. The van der Waals surface area contributed by atoms with Gasteiger partial charge in [0.2, 0.25) is 0 Å². The van der Waals surface area contributed by atoms with Gasteiger partial charge in [-0.15, -0.1) is 0 Å². The number of hydrogen-bond donors (Lipinski definition) is 0. The lowest BCUT2D eigenvalue weighted by molar-refractivity contribution is 0.132. The fourth-order valence-electron chi connectivity index (χ4n) is 5.35. The molecule has 2 aliphatic heterocycles. The lowest BCUT2D eigenvalue weighted by Crippen LogP contribution is -2.49. The molecule has 28 heavy (non-hydrogen) atoms. The van der Waals surface area contributed by atoms with Crippen molar-refractivity contribution >= 4 is 6.34 Å². The summed E-state index contributed by atoms with van der Waals surface area (Å²) in [5, 5.41) is 0. The van der Waals surface area contributed by atoms with Crippen molar-refractivity contribution in [2.75, 3.05) is 19.6 Å². The van der Waals surface area contributed by atoms with Crippen LogP contribution in [0.1, 0.15) is 30.9 Å². The molecule has 3 atom stereocenters. The number of fused-ring (bicyclic) bond motifs is 2. The molecule has 5 rings (SSSR count). The van der Waals surface area contributed by atoms with E-state index in [-0.39, 0.29) is 23.7 Å². The van der Waals surface area contributed by atoms with E-state index < -0.39 is 0 Å². The molecule has 0 amide bonds. The van der Waals surface area contributed by atoms with Crippen LogP contribution in [0.3, 0.4) is 0 Å². The van der Waals surface area contributed by atoms with E-state index in [2.05, 4.69) is 14.8 Å². The predicted molar refractivity (Wildman–Crippen MR) is 108 cm³/mol. The molecule has 5 heteroatoms. The topological polar surface area (TPSA) is 18.8 Å². The zero-order valence-electron chi connectivity index (χ0n) is 16.3. The minimum absolute atomic E-state index is 0.0412. The SMILES string of the molecule is CC1=CC2N=CN(C3CCN(CC4Cc5ccc(F)cc5C4)CC3)C2C=C1F. The fraction of sp³-hybridized carbons (Fsp3) is 0.522. The summed E-state index contributed by atoms with van der Waals surface area (Å²) in [6, 6.07) is 5.77. The van der Waals surface area contributed by atoms with Gasteiger partial charge in [-0.3, -0.25) is 4.99 Å². The van der Waals surface area contributed by atoms with Gasteiger partial charge in [0.05, 0.1) is 18.4 Å². The first-order valence-electron chi connectivity index (χ1n) is 10.4. The van der Waals surface area contributed by atoms with Gasteiger partial charge in [-0.1, -0.05) is 12.1 Å². The zero-order chi connectivity index (χ0) is 19.3. The van der Waals surface area contributed by atoms with E-state index >= 15 is 0 Å². The Kier molecular flexibility index (Phi) is 4.58. The van der Waals surface area contributed by atoms with Crippen molar-refractivity contribution in [2.45, 2.75) is 50.7 Å².